The van der Waals surface area contributed by atoms with Crippen LogP contribution in [0.5, 0.6) is 5.75 Å². The zero-order valence-corrected chi connectivity index (χ0v) is 18.1. The largest absolute Gasteiger partial charge is 0.484 e. The zero-order chi connectivity index (χ0) is 21.9. The van der Waals surface area contributed by atoms with E-state index in [1.54, 1.807) is 6.26 Å². The van der Waals surface area contributed by atoms with Gasteiger partial charge in [0.25, 0.3) is 5.91 Å². The lowest BCUT2D eigenvalue weighted by Gasteiger charge is -2.08. The first-order valence-corrected chi connectivity index (χ1v) is 11.4. The number of fused-ring (bicyclic) bond motifs is 2. The Morgan fingerprint density at radius 3 is 2.59 bits per heavy atom. The summed E-state index contributed by atoms with van der Waals surface area (Å²) in [5.41, 5.74) is 5.68. The predicted octanol–water partition coefficient (Wildman–Crippen LogP) is 3.48. The number of rotatable bonds is 9. The fourth-order valence-corrected chi connectivity index (χ4v) is 4.26. The molecule has 2 aliphatic rings. The molecule has 0 radical (unpaired) electrons. The van der Waals surface area contributed by atoms with E-state index in [1.165, 1.54) is 17.5 Å². The molecule has 0 unspecified atom stereocenters. The number of nitrogens with one attached hydrogen (secondary N) is 2. The van der Waals surface area contributed by atoms with Crippen LogP contribution in [-0.2, 0) is 35.3 Å². The van der Waals surface area contributed by atoms with Gasteiger partial charge in [0.05, 0.1) is 12.7 Å². The van der Waals surface area contributed by atoms with Crippen molar-refractivity contribution in [2.24, 2.45) is 0 Å². The molecule has 0 bridgehead atoms. The van der Waals surface area contributed by atoms with Crippen molar-refractivity contribution in [1.29, 1.82) is 0 Å². The Kier molecular flexibility index (Phi) is 5.84. The summed E-state index contributed by atoms with van der Waals surface area (Å²) in [6.07, 6.45) is 8.32. The predicted molar refractivity (Wildman–Crippen MR) is 122 cm³/mol. The minimum absolute atomic E-state index is 0.00479. The van der Waals surface area contributed by atoms with Crippen LogP contribution in [0.1, 0.15) is 41.5 Å². The van der Waals surface area contributed by atoms with Gasteiger partial charge >= 0.3 is 0 Å². The van der Waals surface area contributed by atoms with Gasteiger partial charge < -0.3 is 19.8 Å². The number of hydrogen-bond donors (Lipinski definition) is 2. The number of aryl methyl sites for hydroxylation is 2. The van der Waals surface area contributed by atoms with Gasteiger partial charge in [-0.05, 0) is 79.5 Å². The first-order valence-electron chi connectivity index (χ1n) is 11.4. The Labute approximate surface area is 187 Å². The van der Waals surface area contributed by atoms with Gasteiger partial charge in [-0.25, -0.2) is 0 Å². The molecular formula is C26H28N2O4. The molecule has 0 saturated heterocycles. The lowest BCUT2D eigenvalue weighted by atomic mass is 10.0. The molecule has 166 valence electrons. The van der Waals surface area contributed by atoms with Crippen LogP contribution >= 0.6 is 0 Å². The highest BCUT2D eigenvalue weighted by molar-refractivity contribution is 5.88. The van der Waals surface area contributed by atoms with Crippen molar-refractivity contribution < 1.29 is 18.7 Å². The molecule has 6 nitrogen and oxygen atoms in total. The van der Waals surface area contributed by atoms with Gasteiger partial charge in [0.1, 0.15) is 11.3 Å². The summed E-state index contributed by atoms with van der Waals surface area (Å²) < 4.78 is 11.2. The smallest absolute Gasteiger partial charge is 0.258 e. The average Bonchev–Trinajstić information content (AvgIpc) is 3.34. The maximum Gasteiger partial charge on any atom is 0.258 e. The average molecular weight is 433 g/mol. The molecule has 1 aromatic heterocycles. The summed E-state index contributed by atoms with van der Waals surface area (Å²) in [5.74, 6) is 0.589. The minimum atomic E-state index is -0.0749. The van der Waals surface area contributed by atoms with Crippen LogP contribution in [0.15, 0.2) is 47.1 Å². The summed E-state index contributed by atoms with van der Waals surface area (Å²) >= 11 is 0. The van der Waals surface area contributed by atoms with Crippen LogP contribution in [0.25, 0.3) is 11.0 Å². The fraction of sp³-hybridized carbons (Fsp3) is 0.385. The van der Waals surface area contributed by atoms with Crippen molar-refractivity contribution in [1.82, 2.24) is 10.6 Å². The Morgan fingerprint density at radius 2 is 1.81 bits per heavy atom. The second kappa shape index (κ2) is 9.07. The van der Waals surface area contributed by atoms with E-state index in [2.05, 4.69) is 22.8 Å². The second-order valence-electron chi connectivity index (χ2n) is 8.78. The van der Waals surface area contributed by atoms with E-state index in [0.717, 1.165) is 54.2 Å². The van der Waals surface area contributed by atoms with E-state index < -0.39 is 0 Å². The van der Waals surface area contributed by atoms with Gasteiger partial charge in [-0.15, -0.1) is 0 Å². The molecule has 0 spiro atoms. The van der Waals surface area contributed by atoms with Crippen molar-refractivity contribution in [3.05, 3.63) is 64.9 Å². The lowest BCUT2D eigenvalue weighted by molar-refractivity contribution is -0.123. The van der Waals surface area contributed by atoms with Crippen molar-refractivity contribution in [2.75, 3.05) is 13.2 Å². The minimum Gasteiger partial charge on any atom is -0.484 e. The van der Waals surface area contributed by atoms with Gasteiger partial charge in [0, 0.05) is 23.5 Å². The molecule has 1 fully saturated rings. The number of amides is 2. The molecule has 2 N–H and O–H groups in total. The van der Waals surface area contributed by atoms with E-state index >= 15 is 0 Å². The van der Waals surface area contributed by atoms with Crippen LogP contribution < -0.4 is 15.4 Å². The molecule has 32 heavy (non-hydrogen) atoms. The zero-order valence-electron chi connectivity index (χ0n) is 18.1. The quantitative estimate of drug-likeness (QED) is 0.543. The third-order valence-corrected chi connectivity index (χ3v) is 6.19. The van der Waals surface area contributed by atoms with Crippen molar-refractivity contribution in [2.45, 2.75) is 51.0 Å². The first kappa shape index (κ1) is 20.6. The van der Waals surface area contributed by atoms with Gasteiger partial charge in [0.15, 0.2) is 6.61 Å². The molecule has 6 heteroatoms. The summed E-state index contributed by atoms with van der Waals surface area (Å²) in [5, 5.41) is 6.96. The number of carbonyl (C=O) groups is 2. The Bertz CT molecular complexity index is 1130. The molecule has 3 aromatic rings. The second-order valence-corrected chi connectivity index (χ2v) is 8.78. The third kappa shape index (κ3) is 4.96. The highest BCUT2D eigenvalue weighted by Crippen LogP contribution is 2.30. The maximum absolute atomic E-state index is 12.5. The van der Waals surface area contributed by atoms with Gasteiger partial charge in [-0.2, -0.15) is 0 Å². The molecule has 2 amide bonds. The molecule has 0 atom stereocenters. The van der Waals surface area contributed by atoms with Gasteiger partial charge in [-0.3, -0.25) is 9.59 Å². The van der Waals surface area contributed by atoms with Gasteiger partial charge in [0.2, 0.25) is 5.91 Å². The van der Waals surface area contributed by atoms with Gasteiger partial charge in [-0.1, -0.05) is 12.1 Å². The number of benzene rings is 2. The molecular weight excluding hydrogens is 404 g/mol. The molecule has 1 heterocycles. The number of ether oxygens (including phenoxy) is 1. The highest BCUT2D eigenvalue weighted by atomic mass is 16.5. The summed E-state index contributed by atoms with van der Waals surface area (Å²) in [6.45, 7) is 0.603. The summed E-state index contributed by atoms with van der Waals surface area (Å²) in [4.78, 5) is 24.1. The summed E-state index contributed by atoms with van der Waals surface area (Å²) in [6, 6.07) is 12.3. The van der Waals surface area contributed by atoms with Crippen molar-refractivity contribution in [3.63, 3.8) is 0 Å². The van der Waals surface area contributed by atoms with E-state index in [1.807, 2.05) is 24.3 Å². The molecule has 2 aliphatic carbocycles. The molecule has 2 aromatic carbocycles. The monoisotopic (exact) mass is 432 g/mol. The standard InChI is InChI=1S/C26H28N2O4/c29-25(14-20-15-32-24-13-19-3-1-2-18(19)12-23(20)24)27-11-10-17-4-8-22(9-5-17)31-16-26(30)28-21-6-7-21/h4-5,8-9,12-13,15,21H,1-3,6-7,10-11,14,16H2,(H,27,29)(H,28,30). The number of hydrogen-bond acceptors (Lipinski definition) is 4. The first-order chi connectivity index (χ1) is 15.6. The molecule has 0 aliphatic heterocycles. The molecule has 1 saturated carbocycles. The number of furan rings is 1. The van der Waals surface area contributed by atoms with Crippen molar-refractivity contribution in [3.8, 4) is 5.75 Å². The fourth-order valence-electron chi connectivity index (χ4n) is 4.26. The highest BCUT2D eigenvalue weighted by Gasteiger charge is 2.23. The normalized spacial score (nSPS) is 14.9. The van der Waals surface area contributed by atoms with Crippen LogP contribution in [0.4, 0.5) is 0 Å². The van der Waals surface area contributed by atoms with Crippen LogP contribution in [0, 0.1) is 0 Å². The van der Waals surface area contributed by atoms with E-state index in [4.69, 9.17) is 9.15 Å². The van der Waals surface area contributed by atoms with Crippen LogP contribution in [0.3, 0.4) is 0 Å². The topological polar surface area (TPSA) is 80.6 Å². The lowest BCUT2D eigenvalue weighted by Crippen LogP contribution is -2.30. The number of carbonyl (C=O) groups excluding carboxylic acids is 2. The summed E-state index contributed by atoms with van der Waals surface area (Å²) in [7, 11) is 0. The van der Waals surface area contributed by atoms with Crippen molar-refractivity contribution >= 4 is 22.8 Å². The Balaban J connectivity index is 1.07. The van der Waals surface area contributed by atoms with Crippen LogP contribution in [0.2, 0.25) is 0 Å². The van der Waals surface area contributed by atoms with E-state index in [-0.39, 0.29) is 18.4 Å². The Hall–Kier alpha value is -3.28. The third-order valence-electron chi connectivity index (χ3n) is 6.19. The Morgan fingerprint density at radius 1 is 1.03 bits per heavy atom. The van der Waals surface area contributed by atoms with E-state index in [0.29, 0.717) is 24.8 Å². The van der Waals surface area contributed by atoms with Crippen LogP contribution in [-0.4, -0.2) is 31.0 Å². The van der Waals surface area contributed by atoms with E-state index in [9.17, 15) is 9.59 Å². The SMILES string of the molecule is O=C(Cc1coc2cc3c(cc12)CCC3)NCCc1ccc(OCC(=O)NC2CC2)cc1. The molecule has 5 rings (SSSR count). The maximum atomic E-state index is 12.5.